The lowest BCUT2D eigenvalue weighted by molar-refractivity contribution is -0.141. The number of carboxylic acid groups (broad SMARTS) is 1. The van der Waals surface area contributed by atoms with Crippen LogP contribution in [0.4, 0.5) is 9.59 Å². The molecule has 0 spiro atoms. The van der Waals surface area contributed by atoms with Gasteiger partial charge in [-0.15, -0.1) is 0 Å². The van der Waals surface area contributed by atoms with Crippen LogP contribution in [0.3, 0.4) is 0 Å². The molecule has 0 aromatic heterocycles. The Morgan fingerprint density at radius 2 is 1.58 bits per heavy atom. The monoisotopic (exact) mass is 494 g/mol. The van der Waals surface area contributed by atoms with Crippen LogP contribution in [0, 0.1) is 5.92 Å². The van der Waals surface area contributed by atoms with Crippen molar-refractivity contribution in [1.82, 2.24) is 10.6 Å². The number of carboxylic acids is 1. The number of alkyl carbamates (subject to hydrolysis) is 2. The van der Waals surface area contributed by atoms with Gasteiger partial charge in [0.2, 0.25) is 0 Å². The van der Waals surface area contributed by atoms with E-state index in [1.165, 1.54) is 11.1 Å². The number of carbonyl (C=O) groups is 3. The zero-order valence-corrected chi connectivity index (χ0v) is 21.0. The zero-order chi connectivity index (χ0) is 25.9. The molecule has 8 nitrogen and oxygen atoms in total. The molecule has 2 amide bonds. The number of carbonyl (C=O) groups excluding carboxylic acids is 2. The number of hydrogen-bond acceptors (Lipinski definition) is 5. The summed E-state index contributed by atoms with van der Waals surface area (Å²) in [6.45, 7) is 5.89. The molecule has 2 aromatic rings. The summed E-state index contributed by atoms with van der Waals surface area (Å²) in [5.74, 6) is -1.19. The molecule has 0 unspecified atom stereocenters. The molecule has 4 rings (SSSR count). The van der Waals surface area contributed by atoms with E-state index in [2.05, 4.69) is 34.9 Å². The maximum Gasteiger partial charge on any atom is 0.408 e. The molecule has 0 saturated heterocycles. The highest BCUT2D eigenvalue weighted by atomic mass is 16.6. The summed E-state index contributed by atoms with van der Waals surface area (Å²) in [6, 6.07) is 16.4. The van der Waals surface area contributed by atoms with Crippen molar-refractivity contribution in [3.05, 3.63) is 59.7 Å². The maximum atomic E-state index is 12.3. The van der Waals surface area contributed by atoms with Gasteiger partial charge in [0.25, 0.3) is 0 Å². The Morgan fingerprint density at radius 3 is 2.17 bits per heavy atom. The highest BCUT2D eigenvalue weighted by molar-refractivity contribution is 5.88. The summed E-state index contributed by atoms with van der Waals surface area (Å²) < 4.78 is 10.7. The van der Waals surface area contributed by atoms with Gasteiger partial charge in [-0.1, -0.05) is 55.0 Å². The van der Waals surface area contributed by atoms with Gasteiger partial charge < -0.3 is 25.2 Å². The van der Waals surface area contributed by atoms with Gasteiger partial charge in [0, 0.05) is 12.5 Å². The number of amides is 2. The van der Waals surface area contributed by atoms with Gasteiger partial charge >= 0.3 is 18.2 Å². The van der Waals surface area contributed by atoms with Gasteiger partial charge in [-0.05, 0) is 68.2 Å². The molecule has 2 atom stereocenters. The number of ether oxygens (including phenoxy) is 2. The quantitative estimate of drug-likeness (QED) is 0.420. The van der Waals surface area contributed by atoms with Crippen molar-refractivity contribution < 1.29 is 29.0 Å². The number of unbranched alkanes of at least 4 members (excludes halogenated alkanes) is 1. The van der Waals surface area contributed by atoms with E-state index in [-0.39, 0.29) is 18.4 Å². The second-order valence-corrected chi connectivity index (χ2v) is 10.6. The van der Waals surface area contributed by atoms with E-state index in [0.717, 1.165) is 17.5 Å². The third-order valence-corrected chi connectivity index (χ3v) is 6.80. The first-order chi connectivity index (χ1) is 17.1. The summed E-state index contributed by atoms with van der Waals surface area (Å²) >= 11 is 0. The van der Waals surface area contributed by atoms with E-state index in [1.54, 1.807) is 20.8 Å². The van der Waals surface area contributed by atoms with Crippen molar-refractivity contribution in [2.75, 3.05) is 13.2 Å². The largest absolute Gasteiger partial charge is 0.479 e. The Bertz CT molecular complexity index is 1100. The summed E-state index contributed by atoms with van der Waals surface area (Å²) in [6.07, 6.45) is 1.23. The topological polar surface area (TPSA) is 114 Å². The average Bonchev–Trinajstić information content (AvgIpc) is 3.41. The Morgan fingerprint density at radius 1 is 0.972 bits per heavy atom. The molecule has 2 aliphatic carbocycles. The number of benzene rings is 2. The smallest absolute Gasteiger partial charge is 0.408 e. The van der Waals surface area contributed by atoms with Crippen LogP contribution in [0.25, 0.3) is 11.1 Å². The predicted octanol–water partition coefficient (Wildman–Crippen LogP) is 5.06. The van der Waals surface area contributed by atoms with Crippen LogP contribution in [0.2, 0.25) is 0 Å². The second kappa shape index (κ2) is 10.2. The Kier molecular flexibility index (Phi) is 7.24. The van der Waals surface area contributed by atoms with Gasteiger partial charge in [-0.25, -0.2) is 14.4 Å². The van der Waals surface area contributed by atoms with Crippen LogP contribution in [0.15, 0.2) is 48.5 Å². The first kappa shape index (κ1) is 25.5. The fourth-order valence-corrected chi connectivity index (χ4v) is 4.99. The van der Waals surface area contributed by atoms with Crippen molar-refractivity contribution in [3.8, 4) is 11.1 Å². The summed E-state index contributed by atoms with van der Waals surface area (Å²) in [7, 11) is 0. The highest BCUT2D eigenvalue weighted by Gasteiger charge is 2.61. The highest BCUT2D eigenvalue weighted by Crippen LogP contribution is 2.47. The normalized spacial score (nSPS) is 20.1. The second-order valence-electron chi connectivity index (χ2n) is 10.6. The minimum atomic E-state index is -1.26. The summed E-state index contributed by atoms with van der Waals surface area (Å²) in [5.41, 5.74) is 2.74. The minimum absolute atomic E-state index is 0.0135. The van der Waals surface area contributed by atoms with Crippen LogP contribution in [-0.4, -0.2) is 47.6 Å². The molecule has 0 heterocycles. The van der Waals surface area contributed by atoms with Gasteiger partial charge in [0.1, 0.15) is 17.7 Å². The van der Waals surface area contributed by atoms with E-state index < -0.39 is 29.3 Å². The van der Waals surface area contributed by atoms with Crippen LogP contribution >= 0.6 is 0 Å². The Labute approximate surface area is 211 Å². The standard InChI is InChI=1S/C28H34N2O6/c1-27(2,3)36-26(34)30-28(24(31)32)16-18(28)10-8-9-15-29-25(33)35-17-23-21-13-6-4-11-19(21)20-12-5-7-14-22(20)23/h4-7,11-14,18,23H,8-10,15-17H2,1-3H3,(H,29,33)(H,30,34)(H,31,32)/t18-,28-/m0/s1. The molecule has 2 aromatic carbocycles. The number of fused-ring (bicyclic) bond motifs is 3. The Hall–Kier alpha value is -3.55. The van der Waals surface area contributed by atoms with Crippen LogP contribution in [0.1, 0.15) is 63.5 Å². The molecule has 36 heavy (non-hydrogen) atoms. The van der Waals surface area contributed by atoms with E-state index in [9.17, 15) is 19.5 Å². The van der Waals surface area contributed by atoms with Crippen molar-refractivity contribution in [2.45, 2.75) is 63.5 Å². The third kappa shape index (κ3) is 5.64. The molecule has 2 aliphatic rings. The summed E-state index contributed by atoms with van der Waals surface area (Å²) in [4.78, 5) is 36.1. The molecular formula is C28H34N2O6. The van der Waals surface area contributed by atoms with Gasteiger partial charge in [-0.3, -0.25) is 0 Å². The van der Waals surface area contributed by atoms with E-state index in [0.29, 0.717) is 25.8 Å². The van der Waals surface area contributed by atoms with Crippen molar-refractivity contribution >= 4 is 18.2 Å². The molecule has 1 fully saturated rings. The lowest BCUT2D eigenvalue weighted by atomic mass is 9.98. The molecule has 0 aliphatic heterocycles. The average molecular weight is 495 g/mol. The molecule has 3 N–H and O–H groups in total. The minimum Gasteiger partial charge on any atom is -0.479 e. The molecule has 0 bridgehead atoms. The number of hydrogen-bond donors (Lipinski definition) is 3. The van der Waals surface area contributed by atoms with Crippen molar-refractivity contribution in [2.24, 2.45) is 5.92 Å². The van der Waals surface area contributed by atoms with Crippen LogP contribution < -0.4 is 10.6 Å². The van der Waals surface area contributed by atoms with Crippen LogP contribution in [0.5, 0.6) is 0 Å². The van der Waals surface area contributed by atoms with Crippen LogP contribution in [-0.2, 0) is 14.3 Å². The fourth-order valence-electron chi connectivity index (χ4n) is 4.99. The van der Waals surface area contributed by atoms with Crippen molar-refractivity contribution in [1.29, 1.82) is 0 Å². The van der Waals surface area contributed by atoms with Gasteiger partial charge in [0.15, 0.2) is 0 Å². The van der Waals surface area contributed by atoms with E-state index in [4.69, 9.17) is 9.47 Å². The van der Waals surface area contributed by atoms with Crippen molar-refractivity contribution in [3.63, 3.8) is 0 Å². The molecule has 1 saturated carbocycles. The number of rotatable bonds is 9. The maximum absolute atomic E-state index is 12.3. The predicted molar refractivity (Wildman–Crippen MR) is 135 cm³/mol. The number of aliphatic carboxylic acids is 1. The van der Waals surface area contributed by atoms with E-state index >= 15 is 0 Å². The molecule has 8 heteroatoms. The van der Waals surface area contributed by atoms with E-state index in [1.807, 2.05) is 24.3 Å². The van der Waals surface area contributed by atoms with Gasteiger partial charge in [0.05, 0.1) is 0 Å². The molecular weight excluding hydrogens is 460 g/mol. The molecule has 192 valence electrons. The Balaban J connectivity index is 1.17. The third-order valence-electron chi connectivity index (χ3n) is 6.80. The first-order valence-corrected chi connectivity index (χ1v) is 12.4. The SMILES string of the molecule is CC(C)(C)OC(=O)N[C@@]1(C(=O)O)C[C@@H]1CCCCNC(=O)OCC1c2ccccc2-c2ccccc21. The zero-order valence-electron chi connectivity index (χ0n) is 21.0. The lowest BCUT2D eigenvalue weighted by Crippen LogP contribution is -2.47. The lowest BCUT2D eigenvalue weighted by Gasteiger charge is -2.22. The summed E-state index contributed by atoms with van der Waals surface area (Å²) in [5, 5.41) is 14.9. The molecule has 0 radical (unpaired) electrons. The number of nitrogens with one attached hydrogen (secondary N) is 2. The van der Waals surface area contributed by atoms with Gasteiger partial charge in [-0.2, -0.15) is 0 Å². The first-order valence-electron chi connectivity index (χ1n) is 12.4. The fraction of sp³-hybridized carbons (Fsp3) is 0.464.